The van der Waals surface area contributed by atoms with Crippen LogP contribution in [0, 0.1) is 5.82 Å². The van der Waals surface area contributed by atoms with E-state index in [1.165, 1.54) is 23.9 Å². The first-order valence-corrected chi connectivity index (χ1v) is 10.6. The monoisotopic (exact) mass is 410 g/mol. The minimum Gasteiger partial charge on any atom is -0.466 e. The Balaban J connectivity index is 2.04. The third-order valence-corrected chi connectivity index (χ3v) is 5.24. The predicted molar refractivity (Wildman–Crippen MR) is 107 cm³/mol. The molecule has 0 spiro atoms. The maximum atomic E-state index is 13.6. The smallest absolute Gasteiger partial charge is 0.326 e. The van der Waals surface area contributed by atoms with Gasteiger partial charge in [0.05, 0.1) is 23.7 Å². The number of imidazole rings is 1. The number of unbranched alkanes of at least 4 members (excludes halogenated alkanes) is 1. The van der Waals surface area contributed by atoms with E-state index in [2.05, 4.69) is 4.98 Å². The lowest BCUT2D eigenvalue weighted by atomic mass is 10.2. The summed E-state index contributed by atoms with van der Waals surface area (Å²) in [4.78, 5) is 28.1. The molecule has 0 amide bonds. The van der Waals surface area contributed by atoms with Crippen molar-refractivity contribution in [2.45, 2.75) is 64.3 Å². The second-order valence-electron chi connectivity index (χ2n) is 6.43. The summed E-state index contributed by atoms with van der Waals surface area (Å²) in [7, 11) is 0. The van der Waals surface area contributed by atoms with E-state index in [0.717, 1.165) is 25.0 Å². The number of fused-ring (bicyclic) bond motifs is 1. The lowest BCUT2D eigenvalue weighted by molar-refractivity contribution is -0.149. The van der Waals surface area contributed by atoms with Crippen LogP contribution in [0.1, 0.15) is 46.5 Å². The van der Waals surface area contributed by atoms with Gasteiger partial charge >= 0.3 is 11.9 Å². The number of hydrogen-bond acceptors (Lipinski definition) is 6. The summed E-state index contributed by atoms with van der Waals surface area (Å²) in [5.74, 6) is -0.179. The van der Waals surface area contributed by atoms with Crippen LogP contribution in [0.15, 0.2) is 23.4 Å². The summed E-state index contributed by atoms with van der Waals surface area (Å²) in [6, 6.07) is 4.34. The molecule has 0 saturated heterocycles. The Morgan fingerprint density at radius 2 is 2.04 bits per heavy atom. The van der Waals surface area contributed by atoms with Crippen LogP contribution in [0.4, 0.5) is 4.39 Å². The zero-order valence-electron chi connectivity index (χ0n) is 16.6. The fraction of sp³-hybridized carbons (Fsp3) is 0.550. The van der Waals surface area contributed by atoms with Gasteiger partial charge in [0.15, 0.2) is 5.16 Å². The van der Waals surface area contributed by atoms with Gasteiger partial charge in [-0.2, -0.15) is 0 Å². The lowest BCUT2D eigenvalue weighted by Crippen LogP contribution is -2.19. The zero-order chi connectivity index (χ0) is 20.5. The van der Waals surface area contributed by atoms with Crippen molar-refractivity contribution in [1.29, 1.82) is 0 Å². The summed E-state index contributed by atoms with van der Waals surface area (Å²) in [5, 5.41) is 0.637. The van der Waals surface area contributed by atoms with E-state index in [9.17, 15) is 14.0 Å². The Bertz CT molecular complexity index is 809. The highest BCUT2D eigenvalue weighted by Crippen LogP contribution is 2.26. The summed E-state index contributed by atoms with van der Waals surface area (Å²) < 4.78 is 25.6. The summed E-state index contributed by atoms with van der Waals surface area (Å²) in [6.07, 6.45) is 2.49. The highest BCUT2D eigenvalue weighted by Gasteiger charge is 2.17. The van der Waals surface area contributed by atoms with Crippen molar-refractivity contribution in [3.63, 3.8) is 0 Å². The minimum atomic E-state index is -0.370. The van der Waals surface area contributed by atoms with Crippen LogP contribution < -0.4 is 0 Å². The van der Waals surface area contributed by atoms with Crippen LogP contribution >= 0.6 is 11.8 Å². The normalized spacial score (nSPS) is 12.1. The molecule has 0 aliphatic carbocycles. The van der Waals surface area contributed by atoms with Crippen molar-refractivity contribution in [3.05, 3.63) is 24.0 Å². The molecule has 0 N–H and O–H groups in total. The largest absolute Gasteiger partial charge is 0.466 e. The van der Waals surface area contributed by atoms with Crippen molar-refractivity contribution in [3.8, 4) is 0 Å². The fourth-order valence-electron chi connectivity index (χ4n) is 2.59. The standard InChI is InChI=1S/C20H27FN2O4S/c1-4-14(3)27-19(25)13-23-17-10-9-15(21)12-16(17)22-20(23)28-11-7-6-8-18(24)26-5-2/h9-10,12,14H,4-8,11,13H2,1-3H3. The van der Waals surface area contributed by atoms with Crippen molar-refractivity contribution in [2.75, 3.05) is 12.4 Å². The minimum absolute atomic E-state index is 0.0254. The molecule has 0 saturated carbocycles. The average Bonchev–Trinajstić information content (AvgIpc) is 2.97. The number of carbonyl (C=O) groups is 2. The second kappa shape index (κ2) is 11.0. The first-order chi connectivity index (χ1) is 13.4. The van der Waals surface area contributed by atoms with E-state index >= 15 is 0 Å². The van der Waals surface area contributed by atoms with E-state index in [4.69, 9.17) is 9.47 Å². The fourth-order valence-corrected chi connectivity index (χ4v) is 3.60. The third kappa shape index (κ3) is 6.51. The molecule has 0 radical (unpaired) electrons. The van der Waals surface area contributed by atoms with Crippen LogP contribution in [0.5, 0.6) is 0 Å². The van der Waals surface area contributed by atoms with Crippen LogP contribution in [-0.2, 0) is 25.6 Å². The maximum Gasteiger partial charge on any atom is 0.326 e. The summed E-state index contributed by atoms with van der Waals surface area (Å²) in [6.45, 7) is 6.00. The van der Waals surface area contributed by atoms with Crippen molar-refractivity contribution in [2.24, 2.45) is 0 Å². The highest BCUT2D eigenvalue weighted by molar-refractivity contribution is 7.99. The molecule has 28 heavy (non-hydrogen) atoms. The van der Waals surface area contributed by atoms with Gasteiger partial charge in [-0.25, -0.2) is 9.37 Å². The zero-order valence-corrected chi connectivity index (χ0v) is 17.4. The van der Waals surface area contributed by atoms with Gasteiger partial charge in [0.1, 0.15) is 12.4 Å². The number of carbonyl (C=O) groups excluding carboxylic acids is 2. The van der Waals surface area contributed by atoms with E-state index in [-0.39, 0.29) is 30.4 Å². The molecule has 0 aliphatic rings. The second-order valence-corrected chi connectivity index (χ2v) is 7.49. The van der Waals surface area contributed by atoms with E-state index in [0.29, 0.717) is 29.2 Å². The number of hydrogen-bond donors (Lipinski definition) is 0. The molecule has 1 aromatic heterocycles. The molecule has 1 atom stereocenters. The number of thioether (sulfide) groups is 1. The van der Waals surface area contributed by atoms with Gasteiger partial charge in [-0.05, 0) is 45.2 Å². The quantitative estimate of drug-likeness (QED) is 0.312. The molecule has 1 aromatic carbocycles. The number of halogens is 1. The van der Waals surface area contributed by atoms with E-state index in [1.807, 2.05) is 13.8 Å². The number of benzene rings is 1. The molecule has 6 nitrogen and oxygen atoms in total. The van der Waals surface area contributed by atoms with Crippen LogP contribution in [0.2, 0.25) is 0 Å². The Morgan fingerprint density at radius 3 is 2.75 bits per heavy atom. The maximum absolute atomic E-state index is 13.6. The SMILES string of the molecule is CCOC(=O)CCCCSc1nc2cc(F)ccc2n1CC(=O)OC(C)CC. The molecule has 0 bridgehead atoms. The number of nitrogens with zero attached hydrogens (tertiary/aromatic N) is 2. The lowest BCUT2D eigenvalue weighted by Gasteiger charge is -2.13. The molecule has 0 aliphatic heterocycles. The number of ether oxygens (including phenoxy) is 2. The number of esters is 2. The highest BCUT2D eigenvalue weighted by atomic mass is 32.2. The molecule has 1 heterocycles. The summed E-state index contributed by atoms with van der Waals surface area (Å²) in [5.41, 5.74) is 1.20. The van der Waals surface area contributed by atoms with Gasteiger partial charge in [0.2, 0.25) is 0 Å². The van der Waals surface area contributed by atoms with Crippen LogP contribution in [0.3, 0.4) is 0 Å². The Labute approximate surface area is 168 Å². The molecule has 8 heteroatoms. The van der Waals surface area contributed by atoms with Gasteiger partial charge in [-0.15, -0.1) is 0 Å². The summed E-state index contributed by atoms with van der Waals surface area (Å²) >= 11 is 1.48. The molecule has 2 rings (SSSR count). The average molecular weight is 411 g/mol. The van der Waals surface area contributed by atoms with Gasteiger partial charge in [-0.1, -0.05) is 18.7 Å². The Hall–Kier alpha value is -2.09. The molecular weight excluding hydrogens is 383 g/mol. The molecule has 0 fully saturated rings. The topological polar surface area (TPSA) is 70.4 Å². The van der Waals surface area contributed by atoms with Gasteiger partial charge in [0.25, 0.3) is 0 Å². The van der Waals surface area contributed by atoms with Gasteiger partial charge in [0, 0.05) is 18.2 Å². The van der Waals surface area contributed by atoms with E-state index in [1.54, 1.807) is 17.6 Å². The van der Waals surface area contributed by atoms with E-state index < -0.39 is 0 Å². The number of aromatic nitrogens is 2. The van der Waals surface area contributed by atoms with Crippen LogP contribution in [0.25, 0.3) is 11.0 Å². The Morgan fingerprint density at radius 1 is 1.25 bits per heavy atom. The molecule has 2 aromatic rings. The predicted octanol–water partition coefficient (Wildman–Crippen LogP) is 4.34. The van der Waals surface area contributed by atoms with Gasteiger partial charge < -0.3 is 14.0 Å². The van der Waals surface area contributed by atoms with Crippen molar-refractivity contribution < 1.29 is 23.5 Å². The third-order valence-electron chi connectivity index (χ3n) is 4.18. The molecule has 1 unspecified atom stereocenters. The van der Waals surface area contributed by atoms with Crippen molar-refractivity contribution >= 4 is 34.7 Å². The number of rotatable bonds is 11. The molecule has 154 valence electrons. The van der Waals surface area contributed by atoms with Gasteiger partial charge in [-0.3, -0.25) is 9.59 Å². The first-order valence-electron chi connectivity index (χ1n) is 9.58. The van der Waals surface area contributed by atoms with Crippen LogP contribution in [-0.4, -0.2) is 40.0 Å². The Kier molecular flexibility index (Phi) is 8.76. The van der Waals surface area contributed by atoms with Crippen molar-refractivity contribution in [1.82, 2.24) is 9.55 Å². The first kappa shape index (κ1) is 22.2. The molecular formula is C20H27FN2O4S.